The van der Waals surface area contributed by atoms with Crippen molar-refractivity contribution >= 4 is 5.69 Å². The Morgan fingerprint density at radius 1 is 1.10 bits per heavy atom. The Morgan fingerprint density at radius 2 is 1.85 bits per heavy atom. The van der Waals surface area contributed by atoms with E-state index in [4.69, 9.17) is 4.74 Å². The Labute approximate surface area is 120 Å². The van der Waals surface area contributed by atoms with Gasteiger partial charge in [-0.15, -0.1) is 0 Å². The zero-order valence-corrected chi connectivity index (χ0v) is 12.5. The fourth-order valence-corrected chi connectivity index (χ4v) is 2.38. The summed E-state index contributed by atoms with van der Waals surface area (Å²) in [6.45, 7) is 4.85. The van der Waals surface area contributed by atoms with E-state index in [1.807, 2.05) is 19.2 Å². The number of ether oxygens (including phenoxy) is 1. The van der Waals surface area contributed by atoms with Crippen molar-refractivity contribution in [2.24, 2.45) is 0 Å². The number of benzene rings is 2. The Balaban J connectivity index is 2.21. The van der Waals surface area contributed by atoms with Gasteiger partial charge in [-0.2, -0.15) is 0 Å². The highest BCUT2D eigenvalue weighted by Gasteiger charge is 2.09. The van der Waals surface area contributed by atoms with Crippen molar-refractivity contribution in [3.63, 3.8) is 0 Å². The fraction of sp³-hybridized carbons (Fsp3) is 0.294. The number of phenolic OH excluding ortho intramolecular Hbond substituents is 1. The molecule has 0 aliphatic heterocycles. The van der Waals surface area contributed by atoms with Gasteiger partial charge in [0, 0.05) is 30.9 Å². The first-order valence-corrected chi connectivity index (χ1v) is 6.65. The molecule has 0 radical (unpaired) electrons. The van der Waals surface area contributed by atoms with Gasteiger partial charge in [-0.3, -0.25) is 0 Å². The van der Waals surface area contributed by atoms with Gasteiger partial charge >= 0.3 is 0 Å². The second-order valence-electron chi connectivity index (χ2n) is 5.14. The van der Waals surface area contributed by atoms with Gasteiger partial charge in [0.1, 0.15) is 11.5 Å². The maximum atomic E-state index is 10.0. The lowest BCUT2D eigenvalue weighted by Gasteiger charge is -2.22. The minimum absolute atomic E-state index is 0.265. The molecule has 3 nitrogen and oxygen atoms in total. The van der Waals surface area contributed by atoms with Crippen LogP contribution in [0.1, 0.15) is 16.7 Å². The molecule has 0 saturated heterocycles. The highest BCUT2D eigenvalue weighted by atomic mass is 16.5. The zero-order chi connectivity index (χ0) is 14.7. The lowest BCUT2D eigenvalue weighted by Crippen LogP contribution is -2.17. The molecule has 3 heteroatoms. The molecule has 20 heavy (non-hydrogen) atoms. The maximum Gasteiger partial charge on any atom is 0.124 e. The monoisotopic (exact) mass is 271 g/mol. The van der Waals surface area contributed by atoms with Gasteiger partial charge in [-0.1, -0.05) is 17.7 Å². The van der Waals surface area contributed by atoms with Crippen LogP contribution in [0.15, 0.2) is 36.4 Å². The van der Waals surface area contributed by atoms with E-state index < -0.39 is 0 Å². The van der Waals surface area contributed by atoms with E-state index in [-0.39, 0.29) is 5.75 Å². The molecule has 2 aromatic rings. The SMILES string of the molecule is COc1ccc(CN(C)c2ccc(C)cc2C)c(O)c1. The molecule has 0 aromatic heterocycles. The van der Waals surface area contributed by atoms with Crippen LogP contribution in [0.4, 0.5) is 5.69 Å². The highest BCUT2D eigenvalue weighted by Crippen LogP contribution is 2.27. The number of methoxy groups -OCH3 is 1. The Kier molecular flexibility index (Phi) is 4.18. The first kappa shape index (κ1) is 14.3. The highest BCUT2D eigenvalue weighted by molar-refractivity contribution is 5.55. The second kappa shape index (κ2) is 5.87. The summed E-state index contributed by atoms with van der Waals surface area (Å²) in [5.41, 5.74) is 4.55. The predicted molar refractivity (Wildman–Crippen MR) is 82.7 cm³/mol. The van der Waals surface area contributed by atoms with Crippen LogP contribution in [0, 0.1) is 13.8 Å². The van der Waals surface area contributed by atoms with Crippen LogP contribution in [0.5, 0.6) is 11.5 Å². The van der Waals surface area contributed by atoms with Crippen molar-refractivity contribution in [2.75, 3.05) is 19.1 Å². The maximum absolute atomic E-state index is 10.0. The largest absolute Gasteiger partial charge is 0.507 e. The van der Waals surface area contributed by atoms with E-state index >= 15 is 0 Å². The smallest absolute Gasteiger partial charge is 0.124 e. The van der Waals surface area contributed by atoms with Crippen LogP contribution in [0.3, 0.4) is 0 Å². The van der Waals surface area contributed by atoms with E-state index in [1.54, 1.807) is 13.2 Å². The number of aromatic hydroxyl groups is 1. The molecule has 0 bridgehead atoms. The summed E-state index contributed by atoms with van der Waals surface area (Å²) in [5, 5.41) is 10.0. The van der Waals surface area contributed by atoms with E-state index in [9.17, 15) is 5.11 Å². The van der Waals surface area contributed by atoms with Gasteiger partial charge in [0.15, 0.2) is 0 Å². The Hall–Kier alpha value is -2.16. The Bertz CT molecular complexity index is 608. The quantitative estimate of drug-likeness (QED) is 0.921. The van der Waals surface area contributed by atoms with Crippen molar-refractivity contribution in [2.45, 2.75) is 20.4 Å². The minimum atomic E-state index is 0.265. The first-order valence-electron chi connectivity index (χ1n) is 6.65. The van der Waals surface area contributed by atoms with Gasteiger partial charge in [0.2, 0.25) is 0 Å². The van der Waals surface area contributed by atoms with Gasteiger partial charge in [0.25, 0.3) is 0 Å². The fourth-order valence-electron chi connectivity index (χ4n) is 2.38. The number of aryl methyl sites for hydroxylation is 2. The lowest BCUT2D eigenvalue weighted by molar-refractivity contribution is 0.406. The molecule has 0 fully saturated rings. The molecule has 1 N–H and O–H groups in total. The Morgan fingerprint density at radius 3 is 2.45 bits per heavy atom. The number of hydrogen-bond donors (Lipinski definition) is 1. The number of rotatable bonds is 4. The normalized spacial score (nSPS) is 10.4. The number of hydrogen-bond acceptors (Lipinski definition) is 3. The molecule has 2 aromatic carbocycles. The molecule has 0 saturated carbocycles. The summed E-state index contributed by atoms with van der Waals surface area (Å²) in [4.78, 5) is 2.14. The van der Waals surface area contributed by atoms with Gasteiger partial charge in [0.05, 0.1) is 7.11 Å². The van der Waals surface area contributed by atoms with Crippen molar-refractivity contribution in [1.29, 1.82) is 0 Å². The van der Waals surface area contributed by atoms with Crippen LogP contribution in [0.25, 0.3) is 0 Å². The van der Waals surface area contributed by atoms with Crippen LogP contribution in [0.2, 0.25) is 0 Å². The van der Waals surface area contributed by atoms with Crippen LogP contribution in [-0.4, -0.2) is 19.3 Å². The third kappa shape index (κ3) is 3.05. The molecule has 0 spiro atoms. The molecule has 0 aliphatic rings. The average Bonchev–Trinajstić information content (AvgIpc) is 2.40. The summed E-state index contributed by atoms with van der Waals surface area (Å²) < 4.78 is 5.10. The predicted octanol–water partition coefficient (Wildman–Crippen LogP) is 3.65. The first-order chi connectivity index (χ1) is 9.51. The van der Waals surface area contributed by atoms with E-state index in [0.717, 1.165) is 5.56 Å². The van der Waals surface area contributed by atoms with Crippen molar-refractivity contribution in [3.05, 3.63) is 53.1 Å². The lowest BCUT2D eigenvalue weighted by atomic mass is 10.1. The molecule has 0 atom stereocenters. The third-order valence-electron chi connectivity index (χ3n) is 3.46. The van der Waals surface area contributed by atoms with Crippen molar-refractivity contribution < 1.29 is 9.84 Å². The van der Waals surface area contributed by atoms with Crippen molar-refractivity contribution in [3.8, 4) is 11.5 Å². The molecular weight excluding hydrogens is 250 g/mol. The number of anilines is 1. The zero-order valence-electron chi connectivity index (χ0n) is 12.5. The number of nitrogens with zero attached hydrogens (tertiary/aromatic N) is 1. The van der Waals surface area contributed by atoms with Crippen LogP contribution >= 0.6 is 0 Å². The molecule has 0 aliphatic carbocycles. The number of phenols is 1. The van der Waals surface area contributed by atoms with Crippen molar-refractivity contribution in [1.82, 2.24) is 0 Å². The van der Waals surface area contributed by atoms with E-state index in [0.29, 0.717) is 12.3 Å². The molecule has 0 heterocycles. The third-order valence-corrected chi connectivity index (χ3v) is 3.46. The topological polar surface area (TPSA) is 32.7 Å². The average molecular weight is 271 g/mol. The summed E-state index contributed by atoms with van der Waals surface area (Å²) in [6.07, 6.45) is 0. The second-order valence-corrected chi connectivity index (χ2v) is 5.14. The van der Waals surface area contributed by atoms with Gasteiger partial charge < -0.3 is 14.7 Å². The summed E-state index contributed by atoms with van der Waals surface area (Å²) >= 11 is 0. The van der Waals surface area contributed by atoms with E-state index in [1.165, 1.54) is 16.8 Å². The van der Waals surface area contributed by atoms with Crippen LogP contribution < -0.4 is 9.64 Å². The summed E-state index contributed by atoms with van der Waals surface area (Å²) in [7, 11) is 3.62. The van der Waals surface area contributed by atoms with Gasteiger partial charge in [-0.05, 0) is 37.6 Å². The summed E-state index contributed by atoms with van der Waals surface area (Å²) in [5.74, 6) is 0.932. The molecule has 2 rings (SSSR count). The minimum Gasteiger partial charge on any atom is -0.507 e. The van der Waals surface area contributed by atoms with Gasteiger partial charge in [-0.25, -0.2) is 0 Å². The summed E-state index contributed by atoms with van der Waals surface area (Å²) in [6, 6.07) is 11.8. The van der Waals surface area contributed by atoms with E-state index in [2.05, 4.69) is 36.9 Å². The molecular formula is C17H21NO2. The molecule has 106 valence electrons. The van der Waals surface area contributed by atoms with Crippen LogP contribution in [-0.2, 0) is 6.54 Å². The standard InChI is InChI=1S/C17H21NO2/c1-12-5-8-16(13(2)9-12)18(3)11-14-6-7-15(20-4)10-17(14)19/h5-10,19H,11H2,1-4H3. The molecule has 0 unspecified atom stereocenters. The molecule has 0 amide bonds.